The van der Waals surface area contributed by atoms with Gasteiger partial charge in [-0.15, -0.1) is 10.2 Å². The molecule has 9 heteroatoms. The van der Waals surface area contributed by atoms with E-state index in [9.17, 15) is 8.42 Å². The van der Waals surface area contributed by atoms with Crippen molar-refractivity contribution < 1.29 is 8.42 Å². The Labute approximate surface area is 152 Å². The number of aromatic nitrogens is 3. The highest BCUT2D eigenvalue weighted by atomic mass is 79.9. The quantitative estimate of drug-likeness (QED) is 0.677. The first-order chi connectivity index (χ1) is 11.4. The number of sulfonamides is 1. The highest BCUT2D eigenvalue weighted by Gasteiger charge is 2.14. The number of hydrogen-bond acceptors (Lipinski definition) is 5. The smallest absolute Gasteiger partial charge is 0.261 e. The molecule has 0 spiro atoms. The van der Waals surface area contributed by atoms with Gasteiger partial charge in [-0.2, -0.15) is 0 Å². The lowest BCUT2D eigenvalue weighted by atomic mass is 10.3. The third-order valence-electron chi connectivity index (χ3n) is 3.09. The van der Waals surface area contributed by atoms with E-state index in [2.05, 4.69) is 30.8 Å². The Kier molecular flexibility index (Phi) is 4.93. The summed E-state index contributed by atoms with van der Waals surface area (Å²) in [7, 11) is -1.75. The summed E-state index contributed by atoms with van der Waals surface area (Å²) in [6, 6.07) is 13.7. The minimum absolute atomic E-state index is 0.203. The van der Waals surface area contributed by atoms with Crippen LogP contribution in [0.1, 0.15) is 0 Å². The molecule has 124 valence electrons. The number of halogens is 1. The van der Waals surface area contributed by atoms with Crippen LogP contribution in [0.15, 0.2) is 74.3 Å². The van der Waals surface area contributed by atoms with Crippen LogP contribution in [0, 0.1) is 0 Å². The van der Waals surface area contributed by atoms with Crippen molar-refractivity contribution in [2.24, 2.45) is 7.05 Å². The van der Waals surface area contributed by atoms with Crippen molar-refractivity contribution >= 4 is 43.4 Å². The number of benzene rings is 2. The summed E-state index contributed by atoms with van der Waals surface area (Å²) in [4.78, 5) is 1.14. The Morgan fingerprint density at radius 2 is 1.92 bits per heavy atom. The molecule has 0 amide bonds. The monoisotopic (exact) mass is 424 g/mol. The maximum absolute atomic E-state index is 12.4. The molecule has 0 saturated heterocycles. The zero-order valence-electron chi connectivity index (χ0n) is 12.5. The Bertz CT molecular complexity index is 956. The number of rotatable bonds is 5. The van der Waals surface area contributed by atoms with Crippen molar-refractivity contribution in [1.29, 1.82) is 0 Å². The van der Waals surface area contributed by atoms with Crippen molar-refractivity contribution in [3.63, 3.8) is 0 Å². The molecule has 0 unspecified atom stereocenters. The molecule has 1 N–H and O–H groups in total. The number of hydrogen-bond donors (Lipinski definition) is 1. The number of nitrogens with one attached hydrogen (secondary N) is 1. The summed E-state index contributed by atoms with van der Waals surface area (Å²) < 4.78 is 29.9. The highest BCUT2D eigenvalue weighted by molar-refractivity contribution is 9.10. The lowest BCUT2D eigenvalue weighted by Gasteiger charge is -2.09. The second-order valence-corrected chi connectivity index (χ2v) is 8.55. The Morgan fingerprint density at radius 1 is 1.17 bits per heavy atom. The van der Waals surface area contributed by atoms with Crippen molar-refractivity contribution in [3.05, 3.63) is 59.3 Å². The van der Waals surface area contributed by atoms with Gasteiger partial charge in [0.25, 0.3) is 10.0 Å². The third kappa shape index (κ3) is 3.97. The number of anilines is 1. The minimum Gasteiger partial charge on any atom is -0.311 e. The predicted octanol–water partition coefficient (Wildman–Crippen LogP) is 3.53. The van der Waals surface area contributed by atoms with E-state index in [1.807, 2.05) is 23.7 Å². The van der Waals surface area contributed by atoms with E-state index in [4.69, 9.17) is 0 Å². The third-order valence-corrected chi connectivity index (χ3v) is 6.02. The van der Waals surface area contributed by atoms with Gasteiger partial charge < -0.3 is 4.57 Å². The molecule has 3 aromatic rings. The standard InChI is InChI=1S/C15H13BrN4O2S2/c1-20-10-17-18-15(20)23-13-7-5-12(6-8-13)19-24(21,22)14-4-2-3-11(16)9-14/h2-10,19H,1H3. The highest BCUT2D eigenvalue weighted by Crippen LogP contribution is 2.27. The summed E-state index contributed by atoms with van der Waals surface area (Å²) in [6.07, 6.45) is 1.63. The first kappa shape index (κ1) is 17.0. The van der Waals surface area contributed by atoms with Crippen LogP contribution in [0.25, 0.3) is 0 Å². The summed E-state index contributed by atoms with van der Waals surface area (Å²) in [5.74, 6) is 0. The molecule has 0 aliphatic carbocycles. The lowest BCUT2D eigenvalue weighted by Crippen LogP contribution is -2.12. The van der Waals surface area contributed by atoms with Crippen molar-refractivity contribution in [2.75, 3.05) is 4.72 Å². The minimum atomic E-state index is -3.62. The van der Waals surface area contributed by atoms with E-state index in [1.54, 1.807) is 42.7 Å². The average molecular weight is 425 g/mol. The normalized spacial score (nSPS) is 11.4. The van der Waals surface area contributed by atoms with E-state index in [0.29, 0.717) is 10.2 Å². The molecule has 0 aliphatic rings. The topological polar surface area (TPSA) is 76.9 Å². The molecular weight excluding hydrogens is 412 g/mol. The second kappa shape index (κ2) is 6.96. The first-order valence-corrected chi connectivity index (χ1v) is 9.94. The lowest BCUT2D eigenvalue weighted by molar-refractivity contribution is 0.601. The maximum Gasteiger partial charge on any atom is 0.261 e. The van der Waals surface area contributed by atoms with Crippen LogP contribution in [-0.4, -0.2) is 23.2 Å². The van der Waals surface area contributed by atoms with Gasteiger partial charge in [-0.1, -0.05) is 22.0 Å². The van der Waals surface area contributed by atoms with Gasteiger partial charge in [0.1, 0.15) is 6.33 Å². The number of aryl methyl sites for hydroxylation is 1. The van der Waals surface area contributed by atoms with Crippen LogP contribution >= 0.6 is 27.7 Å². The fourth-order valence-corrected chi connectivity index (χ4v) is 4.33. The molecule has 1 heterocycles. The molecule has 24 heavy (non-hydrogen) atoms. The maximum atomic E-state index is 12.4. The Morgan fingerprint density at radius 3 is 2.54 bits per heavy atom. The summed E-state index contributed by atoms with van der Waals surface area (Å²) in [5.41, 5.74) is 0.497. The fraction of sp³-hybridized carbons (Fsp3) is 0.0667. The zero-order chi connectivity index (χ0) is 17.2. The van der Waals surface area contributed by atoms with Gasteiger partial charge in [0, 0.05) is 22.1 Å². The van der Waals surface area contributed by atoms with Gasteiger partial charge in [-0.25, -0.2) is 8.42 Å². The molecule has 3 rings (SSSR count). The molecule has 0 radical (unpaired) electrons. The zero-order valence-corrected chi connectivity index (χ0v) is 15.8. The first-order valence-electron chi connectivity index (χ1n) is 6.84. The summed E-state index contributed by atoms with van der Waals surface area (Å²) >= 11 is 4.73. The Balaban J connectivity index is 1.75. The van der Waals surface area contributed by atoms with E-state index < -0.39 is 10.0 Å². The van der Waals surface area contributed by atoms with Crippen LogP contribution in [-0.2, 0) is 17.1 Å². The Hall–Kier alpha value is -1.84. The summed E-state index contributed by atoms with van der Waals surface area (Å²) in [5, 5.41) is 8.58. The molecular formula is C15H13BrN4O2S2. The van der Waals surface area contributed by atoms with Gasteiger partial charge >= 0.3 is 0 Å². The SMILES string of the molecule is Cn1cnnc1Sc1ccc(NS(=O)(=O)c2cccc(Br)c2)cc1. The van der Waals surface area contributed by atoms with Crippen LogP contribution < -0.4 is 4.72 Å². The summed E-state index contributed by atoms with van der Waals surface area (Å²) in [6.45, 7) is 0. The molecule has 0 aliphatic heterocycles. The van der Waals surface area contributed by atoms with Gasteiger partial charge in [0.05, 0.1) is 4.90 Å². The van der Waals surface area contributed by atoms with Crippen LogP contribution in [0.2, 0.25) is 0 Å². The fourth-order valence-electron chi connectivity index (χ4n) is 1.91. The second-order valence-electron chi connectivity index (χ2n) is 4.91. The van der Waals surface area contributed by atoms with Gasteiger partial charge in [0.2, 0.25) is 0 Å². The molecule has 6 nitrogen and oxygen atoms in total. The van der Waals surface area contributed by atoms with E-state index >= 15 is 0 Å². The van der Waals surface area contributed by atoms with Crippen LogP contribution in [0.4, 0.5) is 5.69 Å². The van der Waals surface area contributed by atoms with E-state index in [0.717, 1.165) is 10.1 Å². The predicted molar refractivity (Wildman–Crippen MR) is 96.5 cm³/mol. The van der Waals surface area contributed by atoms with Crippen LogP contribution in [0.3, 0.4) is 0 Å². The van der Waals surface area contributed by atoms with E-state index in [1.165, 1.54) is 11.8 Å². The molecule has 0 bridgehead atoms. The van der Waals surface area contributed by atoms with Crippen LogP contribution in [0.5, 0.6) is 0 Å². The van der Waals surface area contributed by atoms with Gasteiger partial charge in [-0.05, 0) is 54.2 Å². The molecule has 0 fully saturated rings. The van der Waals surface area contributed by atoms with Crippen molar-refractivity contribution in [1.82, 2.24) is 14.8 Å². The molecule has 1 aromatic heterocycles. The molecule has 0 saturated carbocycles. The molecule has 2 aromatic carbocycles. The van der Waals surface area contributed by atoms with Crippen molar-refractivity contribution in [2.45, 2.75) is 14.9 Å². The van der Waals surface area contributed by atoms with E-state index in [-0.39, 0.29) is 4.90 Å². The van der Waals surface area contributed by atoms with Crippen molar-refractivity contribution in [3.8, 4) is 0 Å². The molecule has 0 atom stereocenters. The average Bonchev–Trinajstić information content (AvgIpc) is 2.94. The van der Waals surface area contributed by atoms with Gasteiger partial charge in [0.15, 0.2) is 5.16 Å². The largest absolute Gasteiger partial charge is 0.311 e. The van der Waals surface area contributed by atoms with Gasteiger partial charge in [-0.3, -0.25) is 4.72 Å². The number of nitrogens with zero attached hydrogens (tertiary/aromatic N) is 3.